The van der Waals surface area contributed by atoms with Crippen LogP contribution in [0.25, 0.3) is 0 Å². The van der Waals surface area contributed by atoms with Crippen molar-refractivity contribution in [2.45, 2.75) is 55.9 Å². The molecule has 1 heterocycles. The third kappa shape index (κ3) is 5.91. The quantitative estimate of drug-likeness (QED) is 0.679. The van der Waals surface area contributed by atoms with Crippen molar-refractivity contribution in [2.24, 2.45) is 11.7 Å². The van der Waals surface area contributed by atoms with E-state index in [4.69, 9.17) is 5.73 Å². The van der Waals surface area contributed by atoms with Crippen molar-refractivity contribution < 1.29 is 13.2 Å². The fourth-order valence-corrected chi connectivity index (χ4v) is 5.00. The van der Waals surface area contributed by atoms with Crippen molar-refractivity contribution in [1.82, 2.24) is 9.62 Å². The minimum atomic E-state index is -3.39. The van der Waals surface area contributed by atoms with Crippen LogP contribution in [0.2, 0.25) is 0 Å². The molecule has 8 heteroatoms. The summed E-state index contributed by atoms with van der Waals surface area (Å²) >= 11 is 0. The summed E-state index contributed by atoms with van der Waals surface area (Å²) < 4.78 is 26.9. The van der Waals surface area contributed by atoms with Gasteiger partial charge in [0.25, 0.3) is 0 Å². The van der Waals surface area contributed by atoms with E-state index in [1.54, 1.807) is 16.4 Å². The van der Waals surface area contributed by atoms with E-state index < -0.39 is 10.0 Å². The van der Waals surface area contributed by atoms with Gasteiger partial charge >= 0.3 is 0 Å². The fourth-order valence-electron chi connectivity index (χ4n) is 3.49. The number of rotatable bonds is 8. The minimum Gasteiger partial charge on any atom is -0.352 e. The number of hydrogen-bond donors (Lipinski definition) is 2. The minimum absolute atomic E-state index is 0. The summed E-state index contributed by atoms with van der Waals surface area (Å²) in [5.41, 5.74) is 6.68. The number of nitrogens with zero attached hydrogens (tertiary/aromatic N) is 1. The van der Waals surface area contributed by atoms with Crippen LogP contribution < -0.4 is 11.1 Å². The molecule has 0 aromatic heterocycles. The molecule has 0 bridgehead atoms. The molecule has 3 rings (SSSR count). The second-order valence-electron chi connectivity index (χ2n) is 7.36. The molecule has 1 unspecified atom stereocenters. The number of nitrogens with two attached hydrogens (primary N) is 1. The summed E-state index contributed by atoms with van der Waals surface area (Å²) in [6.07, 6.45) is 6.23. The van der Waals surface area contributed by atoms with Crippen LogP contribution in [0.5, 0.6) is 0 Å². The largest absolute Gasteiger partial charge is 0.352 e. The lowest BCUT2D eigenvalue weighted by Crippen LogP contribution is -2.41. The number of nitrogens with one attached hydrogen (secondary N) is 1. The van der Waals surface area contributed by atoms with Crippen molar-refractivity contribution in [3.63, 3.8) is 0 Å². The highest BCUT2D eigenvalue weighted by molar-refractivity contribution is 7.89. The molecular formula is C19H30ClN3O3S. The molecule has 1 aromatic rings. The molecule has 1 saturated heterocycles. The van der Waals surface area contributed by atoms with Gasteiger partial charge in [-0.1, -0.05) is 18.6 Å². The van der Waals surface area contributed by atoms with Gasteiger partial charge in [0.05, 0.1) is 4.90 Å². The molecule has 152 valence electrons. The molecule has 3 N–H and O–H groups in total. The molecule has 0 spiro atoms. The standard InChI is InChI=1S/C19H29N3O3S.ClH/c20-14-18(16-7-8-16)21-19(23)11-6-15-4-9-17(10-5-15)26(24,25)22-12-2-1-3-13-22;/h4-5,9-10,16,18H,1-3,6-8,11-14,20H2,(H,21,23);1H. The van der Waals surface area contributed by atoms with Crippen LogP contribution in [0.3, 0.4) is 0 Å². The number of amides is 1. The Morgan fingerprint density at radius 1 is 1.15 bits per heavy atom. The molecule has 1 aliphatic heterocycles. The Bertz CT molecular complexity index is 714. The number of aryl methyl sites for hydroxylation is 1. The Labute approximate surface area is 168 Å². The highest BCUT2D eigenvalue weighted by Crippen LogP contribution is 2.32. The highest BCUT2D eigenvalue weighted by Gasteiger charge is 2.31. The number of sulfonamides is 1. The lowest BCUT2D eigenvalue weighted by Gasteiger charge is -2.25. The van der Waals surface area contributed by atoms with Gasteiger partial charge in [-0.3, -0.25) is 4.79 Å². The van der Waals surface area contributed by atoms with E-state index in [2.05, 4.69) is 5.32 Å². The third-order valence-electron chi connectivity index (χ3n) is 5.31. The summed E-state index contributed by atoms with van der Waals surface area (Å²) in [7, 11) is -3.39. The van der Waals surface area contributed by atoms with Crippen LogP contribution in [-0.2, 0) is 21.2 Å². The number of benzene rings is 1. The lowest BCUT2D eigenvalue weighted by molar-refractivity contribution is -0.121. The summed E-state index contributed by atoms with van der Waals surface area (Å²) in [4.78, 5) is 12.4. The summed E-state index contributed by atoms with van der Waals surface area (Å²) in [5.74, 6) is 0.556. The average Bonchev–Trinajstić information content (AvgIpc) is 3.50. The Hall–Kier alpha value is -1.15. The molecule has 6 nitrogen and oxygen atoms in total. The molecule has 27 heavy (non-hydrogen) atoms. The van der Waals surface area contributed by atoms with E-state index in [0.717, 1.165) is 37.7 Å². The number of halogens is 1. The van der Waals surface area contributed by atoms with Crippen molar-refractivity contribution in [2.75, 3.05) is 19.6 Å². The van der Waals surface area contributed by atoms with E-state index in [9.17, 15) is 13.2 Å². The third-order valence-corrected chi connectivity index (χ3v) is 7.22. The van der Waals surface area contributed by atoms with E-state index in [1.807, 2.05) is 12.1 Å². The Kier molecular flexibility index (Phi) is 8.09. The van der Waals surface area contributed by atoms with Crippen LogP contribution >= 0.6 is 12.4 Å². The fraction of sp³-hybridized carbons (Fsp3) is 0.632. The average molecular weight is 416 g/mol. The SMILES string of the molecule is Cl.NCC(NC(=O)CCc1ccc(S(=O)(=O)N2CCCCC2)cc1)C1CC1. The van der Waals surface area contributed by atoms with Crippen LogP contribution in [0.4, 0.5) is 0 Å². The van der Waals surface area contributed by atoms with Gasteiger partial charge in [-0.15, -0.1) is 12.4 Å². The first-order valence-corrected chi connectivity index (χ1v) is 11.0. The van der Waals surface area contributed by atoms with E-state index >= 15 is 0 Å². The zero-order valence-corrected chi connectivity index (χ0v) is 17.2. The molecular weight excluding hydrogens is 386 g/mol. The first-order valence-electron chi connectivity index (χ1n) is 9.59. The Morgan fingerprint density at radius 2 is 1.78 bits per heavy atom. The molecule has 2 aliphatic rings. The van der Waals surface area contributed by atoms with Gasteiger partial charge < -0.3 is 11.1 Å². The molecule has 1 amide bonds. The molecule has 0 radical (unpaired) electrons. The van der Waals surface area contributed by atoms with Gasteiger partial charge in [0.2, 0.25) is 15.9 Å². The highest BCUT2D eigenvalue weighted by atomic mass is 35.5. The maximum absolute atomic E-state index is 12.6. The normalized spacial score (nSPS) is 19.1. The van der Waals surface area contributed by atoms with E-state index in [1.165, 1.54) is 0 Å². The monoisotopic (exact) mass is 415 g/mol. The lowest BCUT2D eigenvalue weighted by atomic mass is 10.1. The van der Waals surface area contributed by atoms with Gasteiger partial charge in [-0.2, -0.15) is 4.31 Å². The van der Waals surface area contributed by atoms with Crippen LogP contribution in [0.1, 0.15) is 44.1 Å². The second-order valence-corrected chi connectivity index (χ2v) is 9.29. The molecule has 1 saturated carbocycles. The summed E-state index contributed by atoms with van der Waals surface area (Å²) in [5, 5.41) is 3.01. The van der Waals surface area contributed by atoms with Crippen molar-refractivity contribution in [3.8, 4) is 0 Å². The van der Waals surface area contributed by atoms with Crippen LogP contribution in [0.15, 0.2) is 29.2 Å². The zero-order valence-electron chi connectivity index (χ0n) is 15.6. The first kappa shape index (κ1) is 22.1. The van der Waals surface area contributed by atoms with Gasteiger partial charge in [-0.05, 0) is 55.7 Å². The van der Waals surface area contributed by atoms with Gasteiger partial charge in [0.15, 0.2) is 0 Å². The van der Waals surface area contributed by atoms with E-state index in [0.29, 0.717) is 43.3 Å². The molecule has 1 aromatic carbocycles. The Balaban J connectivity index is 0.00000261. The number of hydrogen-bond acceptors (Lipinski definition) is 4. The first-order chi connectivity index (χ1) is 12.5. The van der Waals surface area contributed by atoms with Crippen molar-refractivity contribution in [3.05, 3.63) is 29.8 Å². The maximum atomic E-state index is 12.6. The van der Waals surface area contributed by atoms with E-state index in [-0.39, 0.29) is 24.4 Å². The molecule has 1 atom stereocenters. The van der Waals surface area contributed by atoms with Crippen LogP contribution in [-0.4, -0.2) is 44.3 Å². The summed E-state index contributed by atoms with van der Waals surface area (Å²) in [6.45, 7) is 1.70. The Morgan fingerprint density at radius 3 is 2.33 bits per heavy atom. The summed E-state index contributed by atoms with van der Waals surface area (Å²) in [6, 6.07) is 7.03. The van der Waals surface area contributed by atoms with Gasteiger partial charge in [0.1, 0.15) is 0 Å². The van der Waals surface area contributed by atoms with Crippen molar-refractivity contribution in [1.29, 1.82) is 0 Å². The van der Waals surface area contributed by atoms with Crippen LogP contribution in [0, 0.1) is 5.92 Å². The van der Waals surface area contributed by atoms with Gasteiger partial charge in [0, 0.05) is 32.1 Å². The smallest absolute Gasteiger partial charge is 0.243 e. The topological polar surface area (TPSA) is 92.5 Å². The predicted octanol–water partition coefficient (Wildman–Crippen LogP) is 2.07. The number of piperidine rings is 1. The molecule has 2 fully saturated rings. The number of carbonyl (C=O) groups is 1. The van der Waals surface area contributed by atoms with Crippen molar-refractivity contribution >= 4 is 28.3 Å². The van der Waals surface area contributed by atoms with Gasteiger partial charge in [-0.25, -0.2) is 8.42 Å². The zero-order chi connectivity index (χ0) is 18.6. The predicted molar refractivity (Wildman–Crippen MR) is 108 cm³/mol. The maximum Gasteiger partial charge on any atom is 0.243 e. The second kappa shape index (κ2) is 9.87. The number of carbonyl (C=O) groups excluding carboxylic acids is 1. The molecule has 1 aliphatic carbocycles.